The lowest BCUT2D eigenvalue weighted by Gasteiger charge is -2.03. The second kappa shape index (κ2) is 4.61. The summed E-state index contributed by atoms with van der Waals surface area (Å²) in [6.45, 7) is 8.07. The zero-order valence-electron chi connectivity index (χ0n) is 7.97. The van der Waals surface area contributed by atoms with Crippen molar-refractivity contribution in [1.82, 2.24) is 0 Å². The monoisotopic (exact) mass is 284 g/mol. The van der Waals surface area contributed by atoms with Gasteiger partial charge in [0.2, 0.25) is 0 Å². The van der Waals surface area contributed by atoms with Crippen LogP contribution in [-0.4, -0.2) is 0 Å². The maximum absolute atomic E-state index is 3.91. The third-order valence-corrected chi connectivity index (χ3v) is 2.55. The summed E-state index contributed by atoms with van der Waals surface area (Å²) >= 11 is 2.25. The van der Waals surface area contributed by atoms with Crippen LogP contribution < -0.4 is 0 Å². The smallest absolute Gasteiger partial charge is 0.0131 e. The van der Waals surface area contributed by atoms with E-state index in [9.17, 15) is 0 Å². The first-order valence-electron chi connectivity index (χ1n) is 4.23. The summed E-state index contributed by atoms with van der Waals surface area (Å²) in [5, 5.41) is 0. The molecular formula is C12H13I. The van der Waals surface area contributed by atoms with Crippen molar-refractivity contribution in [2.45, 2.75) is 13.8 Å². The predicted molar refractivity (Wildman–Crippen MR) is 68.9 cm³/mol. The molecule has 0 fully saturated rings. The average molecular weight is 284 g/mol. The fourth-order valence-corrected chi connectivity index (χ4v) is 1.55. The standard InChI is InChI=1S/C12H13I/c1-4-5-11-6-7-12(10(3)13)8-9(11)2/h4-8H,3H2,1-2H3/b5-4-. The summed E-state index contributed by atoms with van der Waals surface area (Å²) in [5.74, 6) is 0. The highest BCUT2D eigenvalue weighted by Gasteiger charge is 1.97. The van der Waals surface area contributed by atoms with Gasteiger partial charge in [0.1, 0.15) is 0 Å². The van der Waals surface area contributed by atoms with Crippen molar-refractivity contribution in [3.8, 4) is 0 Å². The van der Waals surface area contributed by atoms with Crippen molar-refractivity contribution in [2.75, 3.05) is 0 Å². The van der Waals surface area contributed by atoms with E-state index in [1.54, 1.807) is 0 Å². The van der Waals surface area contributed by atoms with E-state index in [1.807, 2.05) is 6.92 Å². The van der Waals surface area contributed by atoms with Crippen molar-refractivity contribution in [2.24, 2.45) is 0 Å². The van der Waals surface area contributed by atoms with Crippen molar-refractivity contribution in [1.29, 1.82) is 0 Å². The molecule has 0 heterocycles. The summed E-state index contributed by atoms with van der Waals surface area (Å²) in [5.41, 5.74) is 3.80. The van der Waals surface area contributed by atoms with Gasteiger partial charge in [0, 0.05) is 3.58 Å². The van der Waals surface area contributed by atoms with E-state index in [1.165, 1.54) is 16.7 Å². The largest absolute Gasteiger partial charge is 0.0871 e. The highest BCUT2D eigenvalue weighted by molar-refractivity contribution is 14.1. The Morgan fingerprint density at radius 2 is 2.15 bits per heavy atom. The van der Waals surface area contributed by atoms with Crippen LogP contribution in [0.5, 0.6) is 0 Å². The third kappa shape index (κ3) is 2.69. The van der Waals surface area contributed by atoms with Gasteiger partial charge in [-0.1, -0.05) is 36.9 Å². The highest BCUT2D eigenvalue weighted by atomic mass is 127. The summed E-state index contributed by atoms with van der Waals surface area (Å²) in [6, 6.07) is 6.41. The number of aryl methyl sites for hydroxylation is 1. The molecule has 1 aromatic carbocycles. The molecule has 0 saturated heterocycles. The van der Waals surface area contributed by atoms with Gasteiger partial charge < -0.3 is 0 Å². The van der Waals surface area contributed by atoms with Gasteiger partial charge in [-0.15, -0.1) is 0 Å². The number of allylic oxidation sites excluding steroid dienone is 1. The van der Waals surface area contributed by atoms with E-state index in [0.717, 1.165) is 3.58 Å². The maximum atomic E-state index is 3.91. The van der Waals surface area contributed by atoms with Crippen molar-refractivity contribution < 1.29 is 0 Å². The molecule has 0 aromatic heterocycles. The third-order valence-electron chi connectivity index (χ3n) is 1.93. The Hall–Kier alpha value is -0.570. The Morgan fingerprint density at radius 3 is 2.62 bits per heavy atom. The van der Waals surface area contributed by atoms with Gasteiger partial charge in [0.15, 0.2) is 0 Å². The molecule has 0 atom stereocenters. The van der Waals surface area contributed by atoms with E-state index in [-0.39, 0.29) is 0 Å². The molecular weight excluding hydrogens is 271 g/mol. The molecule has 68 valence electrons. The average Bonchev–Trinajstić information content (AvgIpc) is 2.08. The summed E-state index contributed by atoms with van der Waals surface area (Å²) < 4.78 is 1.09. The van der Waals surface area contributed by atoms with Crippen LogP contribution in [-0.2, 0) is 0 Å². The molecule has 0 aliphatic heterocycles. The van der Waals surface area contributed by atoms with Crippen LogP contribution in [0.25, 0.3) is 9.66 Å². The normalized spacial score (nSPS) is 10.7. The van der Waals surface area contributed by atoms with Gasteiger partial charge in [-0.3, -0.25) is 0 Å². The summed E-state index contributed by atoms with van der Waals surface area (Å²) in [4.78, 5) is 0. The zero-order chi connectivity index (χ0) is 9.84. The van der Waals surface area contributed by atoms with Crippen LogP contribution in [0.15, 0.2) is 30.9 Å². The van der Waals surface area contributed by atoms with E-state index in [2.05, 4.69) is 66.4 Å². The van der Waals surface area contributed by atoms with Crippen LogP contribution in [0, 0.1) is 6.92 Å². The molecule has 0 N–H and O–H groups in total. The molecule has 0 unspecified atom stereocenters. The van der Waals surface area contributed by atoms with Crippen LogP contribution in [0.2, 0.25) is 0 Å². The number of hydrogen-bond donors (Lipinski definition) is 0. The molecule has 1 aromatic rings. The molecule has 0 saturated carbocycles. The van der Waals surface area contributed by atoms with Gasteiger partial charge >= 0.3 is 0 Å². The predicted octanol–water partition coefficient (Wildman–Crippen LogP) is 4.43. The molecule has 0 radical (unpaired) electrons. The number of halogens is 1. The van der Waals surface area contributed by atoms with E-state index in [4.69, 9.17) is 0 Å². The van der Waals surface area contributed by atoms with E-state index in [0.29, 0.717) is 0 Å². The summed E-state index contributed by atoms with van der Waals surface area (Å²) in [6.07, 6.45) is 4.18. The number of rotatable bonds is 2. The molecule has 13 heavy (non-hydrogen) atoms. The minimum atomic E-state index is 1.09. The molecule has 0 aliphatic rings. The topological polar surface area (TPSA) is 0 Å². The fourth-order valence-electron chi connectivity index (χ4n) is 1.21. The van der Waals surface area contributed by atoms with E-state index < -0.39 is 0 Å². The lowest BCUT2D eigenvalue weighted by atomic mass is 10.0. The minimum Gasteiger partial charge on any atom is -0.0871 e. The van der Waals surface area contributed by atoms with Gasteiger partial charge in [-0.05, 0) is 53.1 Å². The Labute approximate surface area is 93.5 Å². The van der Waals surface area contributed by atoms with Crippen LogP contribution >= 0.6 is 22.6 Å². The first-order valence-corrected chi connectivity index (χ1v) is 5.31. The Balaban J connectivity index is 3.12. The minimum absolute atomic E-state index is 1.09. The van der Waals surface area contributed by atoms with Crippen LogP contribution in [0.4, 0.5) is 0 Å². The van der Waals surface area contributed by atoms with Crippen LogP contribution in [0.3, 0.4) is 0 Å². The highest BCUT2D eigenvalue weighted by Crippen LogP contribution is 2.22. The Kier molecular flexibility index (Phi) is 3.72. The number of benzene rings is 1. The van der Waals surface area contributed by atoms with Gasteiger partial charge in [0.25, 0.3) is 0 Å². The molecule has 1 rings (SSSR count). The first-order chi connectivity index (χ1) is 6.15. The quantitative estimate of drug-likeness (QED) is 0.704. The molecule has 0 nitrogen and oxygen atoms in total. The second-order valence-corrected chi connectivity index (χ2v) is 4.28. The van der Waals surface area contributed by atoms with Crippen LogP contribution in [0.1, 0.15) is 23.6 Å². The molecule has 0 bridgehead atoms. The SMILES string of the molecule is C=C(I)c1ccc(/C=C\C)c(C)c1. The van der Waals surface area contributed by atoms with Gasteiger partial charge in [-0.25, -0.2) is 0 Å². The fraction of sp³-hybridized carbons (Fsp3) is 0.167. The number of hydrogen-bond acceptors (Lipinski definition) is 0. The van der Waals surface area contributed by atoms with Crippen molar-refractivity contribution >= 4 is 32.2 Å². The van der Waals surface area contributed by atoms with E-state index >= 15 is 0 Å². The van der Waals surface area contributed by atoms with Gasteiger partial charge in [-0.2, -0.15) is 0 Å². The first kappa shape index (κ1) is 10.5. The Morgan fingerprint density at radius 1 is 1.46 bits per heavy atom. The molecule has 0 spiro atoms. The molecule has 0 aliphatic carbocycles. The zero-order valence-corrected chi connectivity index (χ0v) is 10.1. The van der Waals surface area contributed by atoms with Crippen molar-refractivity contribution in [3.05, 3.63) is 47.5 Å². The van der Waals surface area contributed by atoms with Crippen molar-refractivity contribution in [3.63, 3.8) is 0 Å². The molecule has 1 heteroatoms. The van der Waals surface area contributed by atoms with Gasteiger partial charge in [0.05, 0.1) is 0 Å². The summed E-state index contributed by atoms with van der Waals surface area (Å²) in [7, 11) is 0. The molecule has 0 amide bonds. The maximum Gasteiger partial charge on any atom is 0.0131 e. The lowest BCUT2D eigenvalue weighted by molar-refractivity contribution is 1.43. The second-order valence-electron chi connectivity index (χ2n) is 2.98. The lowest BCUT2D eigenvalue weighted by Crippen LogP contribution is -1.83. The Bertz CT molecular complexity index is 348.